The van der Waals surface area contributed by atoms with Crippen molar-refractivity contribution >= 4 is 11.8 Å². The average Bonchev–Trinajstić information content (AvgIpc) is 2.08. The number of nitrogens with two attached hydrogens (primary N) is 1. The van der Waals surface area contributed by atoms with E-state index in [-0.39, 0.29) is 17.1 Å². The largest absolute Gasteiger partial charge is 0.370 e. The minimum atomic E-state index is -0.121. The van der Waals surface area contributed by atoms with E-state index in [0.717, 1.165) is 5.75 Å². The highest BCUT2D eigenvalue weighted by Gasteiger charge is 2.47. The maximum atomic E-state index is 6.10. The van der Waals surface area contributed by atoms with Crippen molar-refractivity contribution in [3.8, 4) is 0 Å². The van der Waals surface area contributed by atoms with Gasteiger partial charge in [-0.1, -0.05) is 13.8 Å². The first-order valence-electron chi connectivity index (χ1n) is 5.39. The number of ether oxygens (including phenoxy) is 1. The van der Waals surface area contributed by atoms with Gasteiger partial charge in [0.2, 0.25) is 0 Å². The fraction of sp³-hybridized carbons (Fsp3) is 1.00. The highest BCUT2D eigenvalue weighted by molar-refractivity contribution is 7.99. The second-order valence-corrected chi connectivity index (χ2v) is 6.16. The van der Waals surface area contributed by atoms with Gasteiger partial charge in [-0.3, -0.25) is 0 Å². The monoisotopic (exact) mass is 217 g/mol. The van der Waals surface area contributed by atoms with Crippen LogP contribution in [0.5, 0.6) is 0 Å². The molecule has 84 valence electrons. The molecule has 0 aromatic heterocycles. The van der Waals surface area contributed by atoms with Crippen molar-refractivity contribution in [2.24, 2.45) is 11.1 Å². The molecule has 1 aliphatic heterocycles. The standard InChI is InChI=1S/C11H23NOS/c1-9(2)13-11(7-12)8-14-6-5-10(11,3)4/h9H,5-8,12H2,1-4H3. The summed E-state index contributed by atoms with van der Waals surface area (Å²) in [6.07, 6.45) is 1.46. The van der Waals surface area contributed by atoms with Crippen LogP contribution in [0.4, 0.5) is 0 Å². The minimum Gasteiger partial charge on any atom is -0.370 e. The van der Waals surface area contributed by atoms with Crippen LogP contribution >= 0.6 is 11.8 Å². The SMILES string of the molecule is CC(C)OC1(CN)CSCCC1(C)C. The zero-order valence-corrected chi connectivity index (χ0v) is 10.6. The summed E-state index contributed by atoms with van der Waals surface area (Å²) in [7, 11) is 0. The summed E-state index contributed by atoms with van der Waals surface area (Å²) in [6, 6.07) is 0. The van der Waals surface area contributed by atoms with Gasteiger partial charge in [-0.2, -0.15) is 11.8 Å². The lowest BCUT2D eigenvalue weighted by Crippen LogP contribution is -2.57. The van der Waals surface area contributed by atoms with Crippen molar-refractivity contribution in [2.75, 3.05) is 18.1 Å². The van der Waals surface area contributed by atoms with Gasteiger partial charge in [-0.25, -0.2) is 0 Å². The van der Waals surface area contributed by atoms with E-state index in [1.165, 1.54) is 12.2 Å². The Balaban J connectivity index is 2.82. The van der Waals surface area contributed by atoms with E-state index in [1.54, 1.807) is 0 Å². The van der Waals surface area contributed by atoms with Gasteiger partial charge < -0.3 is 10.5 Å². The first-order chi connectivity index (χ1) is 6.43. The predicted octanol–water partition coefficient (Wildman–Crippen LogP) is 2.27. The lowest BCUT2D eigenvalue weighted by molar-refractivity contribution is -0.130. The Labute approximate surface area is 92.0 Å². The van der Waals surface area contributed by atoms with Crippen LogP contribution in [0.25, 0.3) is 0 Å². The number of rotatable bonds is 3. The van der Waals surface area contributed by atoms with Crippen LogP contribution in [0.1, 0.15) is 34.1 Å². The van der Waals surface area contributed by atoms with Crippen molar-refractivity contribution in [3.63, 3.8) is 0 Å². The Morgan fingerprint density at radius 2 is 2.07 bits per heavy atom. The molecule has 1 atom stereocenters. The van der Waals surface area contributed by atoms with Crippen LogP contribution in [0, 0.1) is 5.41 Å². The molecule has 14 heavy (non-hydrogen) atoms. The fourth-order valence-electron chi connectivity index (χ4n) is 2.02. The number of hydrogen-bond acceptors (Lipinski definition) is 3. The van der Waals surface area contributed by atoms with Crippen LogP contribution in [0.2, 0.25) is 0 Å². The van der Waals surface area contributed by atoms with Crippen molar-refractivity contribution in [2.45, 2.75) is 45.8 Å². The maximum absolute atomic E-state index is 6.10. The van der Waals surface area contributed by atoms with Gasteiger partial charge in [0.15, 0.2) is 0 Å². The predicted molar refractivity (Wildman–Crippen MR) is 63.7 cm³/mol. The molecule has 2 N–H and O–H groups in total. The van der Waals surface area contributed by atoms with Crippen molar-refractivity contribution in [1.82, 2.24) is 0 Å². The molecule has 0 spiro atoms. The van der Waals surface area contributed by atoms with E-state index in [1.807, 2.05) is 11.8 Å². The number of hydrogen-bond donors (Lipinski definition) is 1. The molecule has 0 aliphatic carbocycles. The molecule has 0 radical (unpaired) electrons. The number of thioether (sulfide) groups is 1. The zero-order valence-electron chi connectivity index (χ0n) is 9.80. The average molecular weight is 217 g/mol. The third-order valence-electron chi connectivity index (χ3n) is 3.23. The van der Waals surface area contributed by atoms with E-state index >= 15 is 0 Å². The van der Waals surface area contributed by atoms with Crippen molar-refractivity contribution in [1.29, 1.82) is 0 Å². The fourth-order valence-corrected chi connectivity index (χ4v) is 3.72. The highest BCUT2D eigenvalue weighted by atomic mass is 32.2. The molecular weight excluding hydrogens is 194 g/mol. The van der Waals surface area contributed by atoms with E-state index < -0.39 is 0 Å². The maximum Gasteiger partial charge on any atom is 0.0948 e. The Bertz CT molecular complexity index is 194. The van der Waals surface area contributed by atoms with Crippen molar-refractivity contribution < 1.29 is 4.74 Å². The van der Waals surface area contributed by atoms with Gasteiger partial charge in [0.25, 0.3) is 0 Å². The van der Waals surface area contributed by atoms with Gasteiger partial charge in [0.05, 0.1) is 11.7 Å². The van der Waals surface area contributed by atoms with Gasteiger partial charge in [-0.15, -0.1) is 0 Å². The summed E-state index contributed by atoms with van der Waals surface area (Å²) in [4.78, 5) is 0. The van der Waals surface area contributed by atoms with E-state index in [9.17, 15) is 0 Å². The molecule has 0 saturated carbocycles. The first kappa shape index (κ1) is 12.3. The molecule has 0 amide bonds. The lowest BCUT2D eigenvalue weighted by Gasteiger charge is -2.49. The quantitative estimate of drug-likeness (QED) is 0.787. The third-order valence-corrected chi connectivity index (χ3v) is 4.39. The van der Waals surface area contributed by atoms with Gasteiger partial charge in [-0.05, 0) is 31.4 Å². The summed E-state index contributed by atoms with van der Waals surface area (Å²) >= 11 is 1.97. The molecule has 1 fully saturated rings. The first-order valence-corrected chi connectivity index (χ1v) is 6.55. The molecule has 1 unspecified atom stereocenters. The topological polar surface area (TPSA) is 35.2 Å². The Morgan fingerprint density at radius 1 is 1.43 bits per heavy atom. The summed E-state index contributed by atoms with van der Waals surface area (Å²) in [5.41, 5.74) is 6.01. The molecule has 1 rings (SSSR count). The third kappa shape index (κ3) is 2.26. The van der Waals surface area contributed by atoms with E-state index in [0.29, 0.717) is 6.54 Å². The highest BCUT2D eigenvalue weighted by Crippen LogP contribution is 2.44. The second-order valence-electron chi connectivity index (χ2n) is 5.05. The molecule has 1 aliphatic rings. The molecule has 2 nitrogen and oxygen atoms in total. The molecule has 0 aromatic carbocycles. The summed E-state index contributed by atoms with van der Waals surface area (Å²) < 4.78 is 6.10. The van der Waals surface area contributed by atoms with Crippen LogP contribution in [0.3, 0.4) is 0 Å². The molecule has 0 bridgehead atoms. The van der Waals surface area contributed by atoms with E-state index in [4.69, 9.17) is 10.5 Å². The molecule has 1 heterocycles. The molecule has 3 heteroatoms. The summed E-state index contributed by atoms with van der Waals surface area (Å²) in [6.45, 7) is 9.37. The van der Waals surface area contributed by atoms with E-state index in [2.05, 4.69) is 27.7 Å². The normalized spacial score (nSPS) is 32.1. The van der Waals surface area contributed by atoms with Gasteiger partial charge in [0.1, 0.15) is 0 Å². The Kier molecular flexibility index (Phi) is 3.89. The van der Waals surface area contributed by atoms with Crippen LogP contribution in [-0.2, 0) is 4.74 Å². The van der Waals surface area contributed by atoms with Crippen LogP contribution < -0.4 is 5.73 Å². The zero-order chi connectivity index (χ0) is 10.8. The van der Waals surface area contributed by atoms with Crippen molar-refractivity contribution in [3.05, 3.63) is 0 Å². The Hall–Kier alpha value is 0.270. The second kappa shape index (κ2) is 4.42. The van der Waals surface area contributed by atoms with Crippen LogP contribution in [-0.4, -0.2) is 29.8 Å². The minimum absolute atomic E-state index is 0.121. The molecular formula is C11H23NOS. The lowest BCUT2D eigenvalue weighted by atomic mass is 9.73. The van der Waals surface area contributed by atoms with Gasteiger partial charge in [0, 0.05) is 12.3 Å². The van der Waals surface area contributed by atoms with Crippen LogP contribution in [0.15, 0.2) is 0 Å². The molecule has 1 saturated heterocycles. The van der Waals surface area contributed by atoms with Gasteiger partial charge >= 0.3 is 0 Å². The smallest absolute Gasteiger partial charge is 0.0948 e. The molecule has 0 aromatic rings. The summed E-state index contributed by atoms with van der Waals surface area (Å²) in [5, 5.41) is 0. The summed E-state index contributed by atoms with van der Waals surface area (Å²) in [5.74, 6) is 2.27. The Morgan fingerprint density at radius 3 is 2.50 bits per heavy atom.